The highest BCUT2D eigenvalue weighted by atomic mass is 16.5. The molecule has 0 aromatic heterocycles. The highest BCUT2D eigenvalue weighted by Crippen LogP contribution is 2.13. The van der Waals surface area contributed by atoms with Crippen LogP contribution in [0.5, 0.6) is 0 Å². The largest absolute Gasteiger partial charge is 0.449 e. The molecule has 4 N–H and O–H groups in total. The number of hydrogen-bond acceptors (Lipinski definition) is 3. The first-order valence-corrected chi connectivity index (χ1v) is 4.41. The van der Waals surface area contributed by atoms with Crippen molar-refractivity contribution in [2.75, 3.05) is 13.2 Å². The van der Waals surface area contributed by atoms with Gasteiger partial charge in [-0.15, -0.1) is 0 Å². The van der Waals surface area contributed by atoms with Gasteiger partial charge < -0.3 is 16.2 Å². The summed E-state index contributed by atoms with van der Waals surface area (Å²) in [6.45, 7) is 0.660. The fourth-order valence-corrected chi connectivity index (χ4v) is 1.21. The average Bonchev–Trinajstić information content (AvgIpc) is 2.20. The van der Waals surface area contributed by atoms with E-state index in [1.54, 1.807) is 0 Å². The zero-order valence-electron chi connectivity index (χ0n) is 7.85. The predicted molar refractivity (Wildman–Crippen MR) is 53.8 cm³/mol. The third-order valence-corrected chi connectivity index (χ3v) is 1.98. The van der Waals surface area contributed by atoms with Gasteiger partial charge >= 0.3 is 6.09 Å². The van der Waals surface area contributed by atoms with Crippen LogP contribution in [-0.2, 0) is 4.74 Å². The molecule has 0 spiro atoms. The van der Waals surface area contributed by atoms with Gasteiger partial charge in [0.1, 0.15) is 6.61 Å². The molecule has 0 heterocycles. The van der Waals surface area contributed by atoms with E-state index in [1.807, 2.05) is 30.3 Å². The summed E-state index contributed by atoms with van der Waals surface area (Å²) in [4.78, 5) is 10.4. The third kappa shape index (κ3) is 3.06. The Kier molecular flexibility index (Phi) is 3.94. The molecule has 0 aliphatic rings. The van der Waals surface area contributed by atoms with E-state index < -0.39 is 6.09 Å². The van der Waals surface area contributed by atoms with E-state index in [1.165, 1.54) is 0 Å². The maximum atomic E-state index is 10.4. The number of carbonyl (C=O) groups is 1. The van der Waals surface area contributed by atoms with Gasteiger partial charge in [-0.3, -0.25) is 0 Å². The van der Waals surface area contributed by atoms with Crippen molar-refractivity contribution in [3.05, 3.63) is 35.9 Å². The molecule has 0 saturated carbocycles. The molecule has 0 bridgehead atoms. The Bertz CT molecular complexity index is 287. The van der Waals surface area contributed by atoms with Crippen LogP contribution in [0.1, 0.15) is 11.5 Å². The van der Waals surface area contributed by atoms with Gasteiger partial charge in [0.15, 0.2) is 0 Å². The molecule has 4 heteroatoms. The van der Waals surface area contributed by atoms with Crippen LogP contribution in [0.2, 0.25) is 0 Å². The summed E-state index contributed by atoms with van der Waals surface area (Å²) in [6, 6.07) is 9.65. The van der Waals surface area contributed by atoms with E-state index in [2.05, 4.69) is 0 Å². The van der Waals surface area contributed by atoms with Crippen molar-refractivity contribution in [3.63, 3.8) is 0 Å². The van der Waals surface area contributed by atoms with Gasteiger partial charge in [-0.05, 0) is 5.56 Å². The fraction of sp³-hybridized carbons (Fsp3) is 0.300. The average molecular weight is 194 g/mol. The molecule has 0 fully saturated rings. The van der Waals surface area contributed by atoms with Crippen molar-refractivity contribution in [1.82, 2.24) is 0 Å². The fourth-order valence-electron chi connectivity index (χ4n) is 1.21. The van der Waals surface area contributed by atoms with Gasteiger partial charge in [-0.1, -0.05) is 30.3 Å². The van der Waals surface area contributed by atoms with Gasteiger partial charge in [-0.25, -0.2) is 4.79 Å². The zero-order chi connectivity index (χ0) is 10.4. The molecule has 1 atom stereocenters. The first kappa shape index (κ1) is 10.5. The number of benzene rings is 1. The molecule has 1 amide bonds. The molecule has 1 rings (SSSR count). The number of rotatable bonds is 4. The monoisotopic (exact) mass is 194 g/mol. The molecule has 14 heavy (non-hydrogen) atoms. The Morgan fingerprint density at radius 3 is 2.50 bits per heavy atom. The first-order valence-electron chi connectivity index (χ1n) is 4.41. The van der Waals surface area contributed by atoms with Gasteiger partial charge in [0.25, 0.3) is 0 Å². The Morgan fingerprint density at radius 1 is 1.36 bits per heavy atom. The smallest absolute Gasteiger partial charge is 0.404 e. The maximum absolute atomic E-state index is 10.4. The van der Waals surface area contributed by atoms with Gasteiger partial charge in [0.2, 0.25) is 0 Å². The Hall–Kier alpha value is -1.55. The first-order chi connectivity index (χ1) is 6.74. The summed E-state index contributed by atoms with van der Waals surface area (Å²) < 4.78 is 4.71. The summed E-state index contributed by atoms with van der Waals surface area (Å²) in [5.41, 5.74) is 11.5. The van der Waals surface area contributed by atoms with E-state index in [0.29, 0.717) is 6.54 Å². The van der Waals surface area contributed by atoms with Crippen LogP contribution in [-0.4, -0.2) is 19.2 Å². The number of primary amides is 1. The normalized spacial score (nSPS) is 12.1. The standard InChI is InChI=1S/C10H14N2O2/c11-6-9(7-14-10(12)13)8-4-2-1-3-5-8/h1-5,9H,6-7,11H2,(H2,12,13). The summed E-state index contributed by atoms with van der Waals surface area (Å²) in [5, 5.41) is 0. The SMILES string of the molecule is NCC(COC(N)=O)c1ccccc1. The van der Waals surface area contributed by atoms with E-state index in [-0.39, 0.29) is 12.5 Å². The van der Waals surface area contributed by atoms with E-state index in [0.717, 1.165) is 5.56 Å². The highest BCUT2D eigenvalue weighted by Gasteiger charge is 2.10. The molecule has 0 saturated heterocycles. The predicted octanol–water partition coefficient (Wildman–Crippen LogP) is 0.824. The summed E-state index contributed by atoms with van der Waals surface area (Å²) in [7, 11) is 0. The molecule has 1 aromatic rings. The highest BCUT2D eigenvalue weighted by molar-refractivity contribution is 5.64. The molecule has 0 aliphatic carbocycles. The van der Waals surface area contributed by atoms with Crippen LogP contribution in [0, 0.1) is 0 Å². The lowest BCUT2D eigenvalue weighted by Crippen LogP contribution is -2.22. The second-order valence-corrected chi connectivity index (χ2v) is 2.97. The molecule has 76 valence electrons. The number of amides is 1. The number of nitrogens with two attached hydrogens (primary N) is 2. The quantitative estimate of drug-likeness (QED) is 0.745. The van der Waals surface area contributed by atoms with Crippen LogP contribution in [0.3, 0.4) is 0 Å². The molecular formula is C10H14N2O2. The number of ether oxygens (including phenoxy) is 1. The van der Waals surface area contributed by atoms with Crippen molar-refractivity contribution >= 4 is 6.09 Å². The second-order valence-electron chi connectivity index (χ2n) is 2.97. The van der Waals surface area contributed by atoms with Crippen molar-refractivity contribution < 1.29 is 9.53 Å². The number of carbonyl (C=O) groups excluding carboxylic acids is 1. The summed E-state index contributed by atoms with van der Waals surface area (Å²) >= 11 is 0. The Balaban J connectivity index is 2.58. The van der Waals surface area contributed by atoms with Crippen LogP contribution in [0.25, 0.3) is 0 Å². The molecule has 0 radical (unpaired) electrons. The second kappa shape index (κ2) is 5.24. The summed E-state index contributed by atoms with van der Waals surface area (Å²) in [5.74, 6) is 0.0173. The Labute approximate surface area is 82.8 Å². The van der Waals surface area contributed by atoms with Crippen LogP contribution < -0.4 is 11.5 Å². The lowest BCUT2D eigenvalue weighted by Gasteiger charge is -2.14. The van der Waals surface area contributed by atoms with E-state index in [4.69, 9.17) is 16.2 Å². The maximum Gasteiger partial charge on any atom is 0.404 e. The lowest BCUT2D eigenvalue weighted by molar-refractivity contribution is 0.149. The van der Waals surface area contributed by atoms with Crippen LogP contribution in [0.15, 0.2) is 30.3 Å². The van der Waals surface area contributed by atoms with Gasteiger partial charge in [-0.2, -0.15) is 0 Å². The zero-order valence-corrected chi connectivity index (χ0v) is 7.85. The van der Waals surface area contributed by atoms with Gasteiger partial charge in [0.05, 0.1) is 0 Å². The molecule has 4 nitrogen and oxygen atoms in total. The van der Waals surface area contributed by atoms with Crippen molar-refractivity contribution in [1.29, 1.82) is 0 Å². The molecule has 1 unspecified atom stereocenters. The lowest BCUT2D eigenvalue weighted by atomic mass is 10.0. The number of hydrogen-bond donors (Lipinski definition) is 2. The van der Waals surface area contributed by atoms with Crippen LogP contribution in [0.4, 0.5) is 4.79 Å². The molecule has 1 aromatic carbocycles. The van der Waals surface area contributed by atoms with E-state index >= 15 is 0 Å². The minimum Gasteiger partial charge on any atom is -0.449 e. The van der Waals surface area contributed by atoms with Crippen LogP contribution >= 0.6 is 0 Å². The third-order valence-electron chi connectivity index (χ3n) is 1.98. The Morgan fingerprint density at radius 2 is 2.00 bits per heavy atom. The van der Waals surface area contributed by atoms with E-state index in [9.17, 15) is 4.79 Å². The topological polar surface area (TPSA) is 78.3 Å². The summed E-state index contributed by atoms with van der Waals surface area (Å²) in [6.07, 6.45) is -0.764. The minimum absolute atomic E-state index is 0.0173. The minimum atomic E-state index is -0.764. The van der Waals surface area contributed by atoms with Gasteiger partial charge in [0, 0.05) is 12.5 Å². The van der Waals surface area contributed by atoms with Crippen molar-refractivity contribution in [2.24, 2.45) is 11.5 Å². The molecular weight excluding hydrogens is 180 g/mol. The molecule has 0 aliphatic heterocycles. The van der Waals surface area contributed by atoms with Crippen molar-refractivity contribution in [3.8, 4) is 0 Å². The van der Waals surface area contributed by atoms with Crippen molar-refractivity contribution in [2.45, 2.75) is 5.92 Å².